The maximum atomic E-state index is 12.7. The highest BCUT2D eigenvalue weighted by Crippen LogP contribution is 2.38. The molecule has 28 heavy (non-hydrogen) atoms. The molecule has 0 spiro atoms. The van der Waals surface area contributed by atoms with Crippen LogP contribution in [-0.2, 0) is 31.0 Å². The monoisotopic (exact) mass is 408 g/mol. The van der Waals surface area contributed by atoms with Gasteiger partial charge < -0.3 is 5.11 Å². The first-order chi connectivity index (χ1) is 13.1. The van der Waals surface area contributed by atoms with Crippen LogP contribution in [0.5, 0.6) is 0 Å². The van der Waals surface area contributed by atoms with E-state index in [1.54, 1.807) is 19.1 Å². The molecule has 152 valence electrons. The Morgan fingerprint density at radius 3 is 2.29 bits per heavy atom. The molecular weight excluding hydrogens is 384 g/mol. The van der Waals surface area contributed by atoms with Crippen molar-refractivity contribution in [3.05, 3.63) is 29.3 Å². The molecule has 0 radical (unpaired) electrons. The first-order valence-electron chi connectivity index (χ1n) is 9.26. The number of hydrogen-bond acceptors (Lipinski definition) is 5. The minimum absolute atomic E-state index is 0.0229. The number of nitrogens with zero attached hydrogens (tertiary/aromatic N) is 2. The fourth-order valence-corrected chi connectivity index (χ4v) is 5.42. The number of likely N-dealkylation sites (N-methyl/N-ethyl adjacent to an activating group) is 1. The van der Waals surface area contributed by atoms with Crippen molar-refractivity contribution in [2.24, 2.45) is 11.8 Å². The predicted octanol–water partition coefficient (Wildman–Crippen LogP) is 1.38. The normalized spacial score (nSPS) is 22.6. The molecule has 1 aromatic carbocycles. The SMILES string of the molecule is Cc1ccc(CN2C(=O)[C@@H]3CCCC[C@H]3C2=O)cc1S(=O)(=O)N(C)CC(=O)O. The summed E-state index contributed by atoms with van der Waals surface area (Å²) in [6.45, 7) is 0.987. The number of likely N-dealkylation sites (tertiary alicyclic amines) is 1. The zero-order valence-electron chi connectivity index (χ0n) is 15.9. The fraction of sp³-hybridized carbons (Fsp3) is 0.526. The van der Waals surface area contributed by atoms with E-state index in [9.17, 15) is 22.8 Å². The Kier molecular flexibility index (Phi) is 5.58. The molecule has 0 bridgehead atoms. The molecule has 1 saturated heterocycles. The highest BCUT2D eigenvalue weighted by atomic mass is 32.2. The van der Waals surface area contributed by atoms with Crippen molar-refractivity contribution in [1.82, 2.24) is 9.21 Å². The molecule has 1 aromatic rings. The lowest BCUT2D eigenvalue weighted by molar-refractivity contribution is -0.141. The Bertz CT molecular complexity index is 902. The number of aryl methyl sites for hydroxylation is 1. The van der Waals surface area contributed by atoms with Crippen molar-refractivity contribution in [1.29, 1.82) is 0 Å². The Morgan fingerprint density at radius 2 is 1.75 bits per heavy atom. The number of hydrogen-bond donors (Lipinski definition) is 1. The number of rotatable bonds is 6. The lowest BCUT2D eigenvalue weighted by atomic mass is 9.81. The summed E-state index contributed by atoms with van der Waals surface area (Å²) >= 11 is 0. The smallest absolute Gasteiger partial charge is 0.318 e. The van der Waals surface area contributed by atoms with Crippen LogP contribution in [-0.4, -0.2) is 54.1 Å². The molecule has 1 aliphatic heterocycles. The van der Waals surface area contributed by atoms with Gasteiger partial charge in [-0.15, -0.1) is 0 Å². The van der Waals surface area contributed by atoms with Crippen molar-refractivity contribution in [2.75, 3.05) is 13.6 Å². The second kappa shape index (κ2) is 7.63. The van der Waals surface area contributed by atoms with Crippen molar-refractivity contribution in [3.63, 3.8) is 0 Å². The first kappa shape index (κ1) is 20.5. The largest absolute Gasteiger partial charge is 0.480 e. The molecular formula is C19H24N2O6S. The maximum Gasteiger partial charge on any atom is 0.318 e. The average Bonchev–Trinajstić information content (AvgIpc) is 2.88. The summed E-state index contributed by atoms with van der Waals surface area (Å²) in [7, 11) is -2.80. The van der Waals surface area contributed by atoms with Crippen LogP contribution in [0.15, 0.2) is 23.1 Å². The van der Waals surface area contributed by atoms with E-state index in [1.165, 1.54) is 18.0 Å². The van der Waals surface area contributed by atoms with Gasteiger partial charge in [0.2, 0.25) is 21.8 Å². The molecule has 1 aliphatic carbocycles. The van der Waals surface area contributed by atoms with E-state index in [1.807, 2.05) is 0 Å². The van der Waals surface area contributed by atoms with Crippen LogP contribution in [0.3, 0.4) is 0 Å². The van der Waals surface area contributed by atoms with Gasteiger partial charge in [0.1, 0.15) is 6.54 Å². The van der Waals surface area contributed by atoms with Crippen molar-refractivity contribution in [2.45, 2.75) is 44.0 Å². The van der Waals surface area contributed by atoms with Crippen LogP contribution in [0.1, 0.15) is 36.8 Å². The third-order valence-electron chi connectivity index (χ3n) is 5.57. The van der Waals surface area contributed by atoms with Crippen molar-refractivity contribution >= 4 is 27.8 Å². The van der Waals surface area contributed by atoms with Gasteiger partial charge in [-0.25, -0.2) is 8.42 Å². The van der Waals surface area contributed by atoms with E-state index in [0.29, 0.717) is 11.1 Å². The molecule has 1 heterocycles. The molecule has 3 rings (SSSR count). The number of aliphatic carboxylic acids is 1. The minimum atomic E-state index is -4.00. The molecule has 0 unspecified atom stereocenters. The van der Waals surface area contributed by atoms with Crippen LogP contribution in [0.2, 0.25) is 0 Å². The molecule has 8 nitrogen and oxygen atoms in total. The quantitative estimate of drug-likeness (QED) is 0.712. The standard InChI is InChI=1S/C19H24N2O6S/c1-12-7-8-13(9-16(12)28(26,27)20(2)11-17(22)23)10-21-18(24)14-5-3-4-6-15(14)19(21)25/h7-9,14-15H,3-6,10-11H2,1-2H3,(H,22,23)/t14-,15-/m1/s1. The summed E-state index contributed by atoms with van der Waals surface area (Å²) in [6.07, 6.45) is 3.33. The van der Waals surface area contributed by atoms with E-state index >= 15 is 0 Å². The highest BCUT2D eigenvalue weighted by molar-refractivity contribution is 7.89. The number of sulfonamides is 1. The summed E-state index contributed by atoms with van der Waals surface area (Å²) in [5.74, 6) is -2.12. The van der Waals surface area contributed by atoms with E-state index in [4.69, 9.17) is 5.11 Å². The first-order valence-corrected chi connectivity index (χ1v) is 10.7. The zero-order valence-corrected chi connectivity index (χ0v) is 16.7. The van der Waals surface area contributed by atoms with Crippen LogP contribution in [0.4, 0.5) is 0 Å². The van der Waals surface area contributed by atoms with Crippen LogP contribution >= 0.6 is 0 Å². The Labute approximate surface area is 164 Å². The van der Waals surface area contributed by atoms with Gasteiger partial charge in [-0.3, -0.25) is 19.3 Å². The third kappa shape index (κ3) is 3.68. The molecule has 2 aliphatic rings. The summed E-state index contributed by atoms with van der Waals surface area (Å²) in [5, 5.41) is 8.88. The van der Waals surface area contributed by atoms with E-state index in [0.717, 1.165) is 30.0 Å². The molecule has 1 N–H and O–H groups in total. The third-order valence-corrected chi connectivity index (χ3v) is 7.52. The summed E-state index contributed by atoms with van der Waals surface area (Å²) in [5.41, 5.74) is 0.988. The molecule has 2 atom stereocenters. The molecule has 0 aromatic heterocycles. The topological polar surface area (TPSA) is 112 Å². The fourth-order valence-electron chi connectivity index (χ4n) is 4.03. The maximum absolute atomic E-state index is 12.7. The summed E-state index contributed by atoms with van der Waals surface area (Å²) < 4.78 is 26.2. The van der Waals surface area contributed by atoms with E-state index in [2.05, 4.69) is 0 Å². The molecule has 2 amide bonds. The number of carboxylic acids is 1. The van der Waals surface area contributed by atoms with Gasteiger partial charge >= 0.3 is 5.97 Å². The Hall–Kier alpha value is -2.26. The van der Waals surface area contributed by atoms with Crippen molar-refractivity contribution in [3.8, 4) is 0 Å². The molecule has 1 saturated carbocycles. The molecule has 2 fully saturated rings. The lowest BCUT2D eigenvalue weighted by Crippen LogP contribution is -2.33. The Balaban J connectivity index is 1.87. The number of carboxylic acid groups (broad SMARTS) is 1. The second-order valence-electron chi connectivity index (χ2n) is 7.51. The number of carbonyl (C=O) groups excluding carboxylic acids is 2. The van der Waals surface area contributed by atoms with Crippen LogP contribution in [0, 0.1) is 18.8 Å². The Morgan fingerprint density at radius 1 is 1.18 bits per heavy atom. The van der Waals surface area contributed by atoms with Gasteiger partial charge in [-0.2, -0.15) is 4.31 Å². The predicted molar refractivity (Wildman–Crippen MR) is 99.6 cm³/mol. The molecule has 9 heteroatoms. The minimum Gasteiger partial charge on any atom is -0.480 e. The number of fused-ring (bicyclic) bond motifs is 1. The van der Waals surface area contributed by atoms with Crippen LogP contribution in [0.25, 0.3) is 0 Å². The summed E-state index contributed by atoms with van der Waals surface area (Å²) in [4.78, 5) is 37.4. The number of carbonyl (C=O) groups is 3. The highest BCUT2D eigenvalue weighted by Gasteiger charge is 2.47. The van der Waals surface area contributed by atoms with Gasteiger partial charge in [0.15, 0.2) is 0 Å². The van der Waals surface area contributed by atoms with Gasteiger partial charge in [0.05, 0.1) is 23.3 Å². The van der Waals surface area contributed by atoms with E-state index < -0.39 is 22.5 Å². The van der Waals surface area contributed by atoms with E-state index in [-0.39, 0.29) is 35.1 Å². The number of amides is 2. The number of benzene rings is 1. The lowest BCUT2D eigenvalue weighted by Gasteiger charge is -2.19. The van der Waals surface area contributed by atoms with Gasteiger partial charge in [0.25, 0.3) is 0 Å². The van der Waals surface area contributed by atoms with Gasteiger partial charge in [-0.05, 0) is 37.0 Å². The number of imide groups is 1. The summed E-state index contributed by atoms with van der Waals surface area (Å²) in [6, 6.07) is 4.72. The zero-order chi connectivity index (χ0) is 20.6. The van der Waals surface area contributed by atoms with Gasteiger partial charge in [-0.1, -0.05) is 25.0 Å². The van der Waals surface area contributed by atoms with Crippen molar-refractivity contribution < 1.29 is 27.9 Å². The van der Waals surface area contributed by atoms with Crippen LogP contribution < -0.4 is 0 Å². The average molecular weight is 408 g/mol. The second-order valence-corrected chi connectivity index (χ2v) is 9.53. The van der Waals surface area contributed by atoms with Gasteiger partial charge in [0, 0.05) is 7.05 Å².